The second-order valence-electron chi connectivity index (χ2n) is 14.7. The minimum Gasteiger partial charge on any atom is -0.465 e. The molecule has 8 heteroatoms. The van der Waals surface area contributed by atoms with Gasteiger partial charge < -0.3 is 28.6 Å². The number of rotatable bonds is 36. The normalized spacial score (nSPS) is 15.5. The van der Waals surface area contributed by atoms with Crippen molar-refractivity contribution in [3.8, 4) is 0 Å². The van der Waals surface area contributed by atoms with Gasteiger partial charge in [-0.3, -0.25) is 4.79 Å². The molecule has 2 unspecified atom stereocenters. The van der Waals surface area contributed by atoms with Crippen molar-refractivity contribution in [2.24, 2.45) is 5.92 Å². The van der Waals surface area contributed by atoms with Gasteiger partial charge in [-0.2, -0.15) is 0 Å². The van der Waals surface area contributed by atoms with E-state index in [0.29, 0.717) is 32.3 Å². The van der Waals surface area contributed by atoms with Crippen LogP contribution in [0.3, 0.4) is 0 Å². The van der Waals surface area contributed by atoms with Crippen LogP contribution in [0.15, 0.2) is 0 Å². The van der Waals surface area contributed by atoms with Crippen molar-refractivity contribution in [3.63, 3.8) is 0 Å². The van der Waals surface area contributed by atoms with Crippen molar-refractivity contribution in [2.75, 3.05) is 46.6 Å². The molecule has 0 spiro atoms. The molecule has 8 nitrogen and oxygen atoms in total. The number of hydrogen-bond donors (Lipinski definition) is 0. The molecule has 0 aromatic carbocycles. The van der Waals surface area contributed by atoms with Gasteiger partial charge >= 0.3 is 12.1 Å². The van der Waals surface area contributed by atoms with E-state index in [9.17, 15) is 9.59 Å². The van der Waals surface area contributed by atoms with Crippen molar-refractivity contribution in [2.45, 2.75) is 200 Å². The van der Waals surface area contributed by atoms with E-state index in [1.54, 1.807) is 0 Å². The summed E-state index contributed by atoms with van der Waals surface area (Å²) in [4.78, 5) is 27.6. The van der Waals surface area contributed by atoms with Crippen LogP contribution in [0.5, 0.6) is 0 Å². The molecule has 0 saturated carbocycles. The Morgan fingerprint density at radius 2 is 1.24 bits per heavy atom. The highest BCUT2D eigenvalue weighted by molar-refractivity contribution is 5.69. The molecule has 0 amide bonds. The average Bonchev–Trinajstić information content (AvgIpc) is 3.53. The summed E-state index contributed by atoms with van der Waals surface area (Å²) < 4.78 is 28.9. The highest BCUT2D eigenvalue weighted by Gasteiger charge is 2.22. The first-order valence-electron chi connectivity index (χ1n) is 21.2. The highest BCUT2D eigenvalue weighted by atomic mass is 16.7. The Balaban J connectivity index is 2.49. The number of carbonyl (C=O) groups is 2. The van der Waals surface area contributed by atoms with Crippen molar-refractivity contribution in [1.82, 2.24) is 4.90 Å². The Bertz CT molecular complexity index is 748. The Kier molecular flexibility index (Phi) is 32.4. The summed E-state index contributed by atoms with van der Waals surface area (Å²) in [7, 11) is 2.13. The number of carbonyl (C=O) groups excluding carboxylic acids is 2. The number of esters is 1. The molecule has 2 atom stereocenters. The molecular weight excluding hydrogens is 630 g/mol. The van der Waals surface area contributed by atoms with Gasteiger partial charge in [-0.15, -0.1) is 0 Å². The van der Waals surface area contributed by atoms with E-state index >= 15 is 0 Å². The van der Waals surface area contributed by atoms with Gasteiger partial charge in [0.2, 0.25) is 0 Å². The van der Waals surface area contributed by atoms with E-state index in [1.165, 1.54) is 109 Å². The summed E-state index contributed by atoms with van der Waals surface area (Å²) in [6.07, 6.45) is 30.2. The summed E-state index contributed by atoms with van der Waals surface area (Å²) in [6.45, 7) is 9.83. The number of ether oxygens (including phenoxy) is 5. The molecule has 1 aliphatic heterocycles. The SMILES string of the molecule is C[CH]CCCCCCCCCC(COC(=O)CCC(OCCCCCCCC)OCCCCCCCC)COC(=O)OCCC1CCCN1C. The number of hydrogen-bond acceptors (Lipinski definition) is 8. The number of likely N-dealkylation sites (tertiary alicyclic amines) is 1. The molecular formula is C42H80NO7. The lowest BCUT2D eigenvalue weighted by molar-refractivity contribution is -0.160. The molecule has 1 rings (SSSR count). The van der Waals surface area contributed by atoms with Crippen molar-refractivity contribution >= 4 is 12.1 Å². The molecule has 1 fully saturated rings. The molecule has 0 aromatic rings. The van der Waals surface area contributed by atoms with E-state index in [2.05, 4.69) is 39.1 Å². The second-order valence-corrected chi connectivity index (χ2v) is 14.7. The standard InChI is InChI=1S/C42H80NO7/c1-5-8-11-14-17-18-19-20-23-27-38(37-50-42(45)48-35-31-39-28-26-32-43(39)4)36-49-40(44)29-30-41(46-33-24-21-15-12-9-6-2)47-34-25-22-16-13-10-7-3/h5,38-39,41H,6-37H2,1-4H3. The van der Waals surface area contributed by atoms with Crippen LogP contribution >= 0.6 is 0 Å². The fourth-order valence-electron chi connectivity index (χ4n) is 6.66. The van der Waals surface area contributed by atoms with Crippen molar-refractivity contribution < 1.29 is 33.3 Å². The van der Waals surface area contributed by atoms with Crippen LogP contribution in [-0.4, -0.2) is 76.0 Å². The van der Waals surface area contributed by atoms with Gasteiger partial charge in [0, 0.05) is 31.6 Å². The third-order valence-corrected chi connectivity index (χ3v) is 10.1. The molecule has 0 aliphatic carbocycles. The average molecular weight is 711 g/mol. The van der Waals surface area contributed by atoms with Gasteiger partial charge in [0.15, 0.2) is 6.29 Å². The summed E-state index contributed by atoms with van der Waals surface area (Å²) in [5.74, 6) is -0.296. The molecule has 0 bridgehead atoms. The van der Waals surface area contributed by atoms with Crippen LogP contribution in [0.4, 0.5) is 4.79 Å². The van der Waals surface area contributed by atoms with Crippen molar-refractivity contribution in [3.05, 3.63) is 6.42 Å². The predicted octanol–water partition coefficient (Wildman–Crippen LogP) is 11.4. The Morgan fingerprint density at radius 3 is 1.82 bits per heavy atom. The van der Waals surface area contributed by atoms with Gasteiger partial charge in [0.25, 0.3) is 0 Å². The fourth-order valence-corrected chi connectivity index (χ4v) is 6.66. The predicted molar refractivity (Wildman–Crippen MR) is 205 cm³/mol. The first-order valence-corrected chi connectivity index (χ1v) is 21.2. The van der Waals surface area contributed by atoms with E-state index in [4.69, 9.17) is 23.7 Å². The molecule has 50 heavy (non-hydrogen) atoms. The Morgan fingerprint density at radius 1 is 0.680 bits per heavy atom. The summed E-state index contributed by atoms with van der Waals surface area (Å²) >= 11 is 0. The van der Waals surface area contributed by atoms with Crippen LogP contribution < -0.4 is 0 Å². The van der Waals surface area contributed by atoms with E-state index in [1.807, 2.05) is 0 Å². The zero-order valence-corrected chi connectivity index (χ0v) is 33.2. The molecule has 0 aromatic heterocycles. The summed E-state index contributed by atoms with van der Waals surface area (Å²) in [5, 5.41) is 0. The molecule has 0 N–H and O–H groups in total. The van der Waals surface area contributed by atoms with Gasteiger partial charge in [0.1, 0.15) is 6.61 Å². The maximum absolute atomic E-state index is 12.9. The molecule has 295 valence electrons. The lowest BCUT2D eigenvalue weighted by atomic mass is 10.0. The molecule has 1 radical (unpaired) electrons. The minimum absolute atomic E-state index is 0.0451. The largest absolute Gasteiger partial charge is 0.508 e. The van der Waals surface area contributed by atoms with Crippen LogP contribution in [0.25, 0.3) is 0 Å². The van der Waals surface area contributed by atoms with Gasteiger partial charge in [-0.1, -0.05) is 136 Å². The highest BCUT2D eigenvalue weighted by Crippen LogP contribution is 2.19. The first-order chi connectivity index (χ1) is 24.5. The van der Waals surface area contributed by atoms with E-state index in [0.717, 1.165) is 51.5 Å². The van der Waals surface area contributed by atoms with Crippen LogP contribution in [0.1, 0.15) is 188 Å². The molecule has 1 heterocycles. The quantitative estimate of drug-likeness (QED) is 0.0361. The Hall–Kier alpha value is -1.38. The summed E-state index contributed by atoms with van der Waals surface area (Å²) in [6, 6.07) is 0.474. The maximum Gasteiger partial charge on any atom is 0.508 e. The van der Waals surface area contributed by atoms with Crippen LogP contribution in [0, 0.1) is 12.3 Å². The lowest BCUT2D eigenvalue weighted by Gasteiger charge is -2.20. The third-order valence-electron chi connectivity index (χ3n) is 10.1. The summed E-state index contributed by atoms with van der Waals surface area (Å²) in [5.41, 5.74) is 0. The lowest BCUT2D eigenvalue weighted by Crippen LogP contribution is -2.27. The van der Waals surface area contributed by atoms with Gasteiger partial charge in [-0.05, 0) is 58.5 Å². The van der Waals surface area contributed by atoms with Crippen molar-refractivity contribution in [1.29, 1.82) is 0 Å². The van der Waals surface area contributed by atoms with Crippen LogP contribution in [0.2, 0.25) is 0 Å². The fraction of sp³-hybridized carbons (Fsp3) is 0.929. The van der Waals surface area contributed by atoms with E-state index in [-0.39, 0.29) is 37.8 Å². The second kappa shape index (κ2) is 34.7. The number of unbranched alkanes of at least 4 members (excludes halogenated alkanes) is 18. The molecule has 1 aliphatic rings. The zero-order valence-electron chi connectivity index (χ0n) is 33.2. The van der Waals surface area contributed by atoms with Gasteiger partial charge in [0.05, 0.1) is 19.6 Å². The number of nitrogens with zero attached hydrogens (tertiary/aromatic N) is 1. The maximum atomic E-state index is 12.9. The first kappa shape index (κ1) is 46.6. The van der Waals surface area contributed by atoms with Gasteiger partial charge in [-0.25, -0.2) is 4.79 Å². The topological polar surface area (TPSA) is 83.5 Å². The third kappa shape index (κ3) is 28.2. The van der Waals surface area contributed by atoms with Crippen LogP contribution in [-0.2, 0) is 28.5 Å². The zero-order chi connectivity index (χ0) is 36.3. The Labute approximate surface area is 308 Å². The smallest absolute Gasteiger partial charge is 0.465 e. The van der Waals surface area contributed by atoms with E-state index < -0.39 is 6.16 Å². The molecule has 1 saturated heterocycles. The monoisotopic (exact) mass is 711 g/mol. The minimum atomic E-state index is -0.626.